The lowest BCUT2D eigenvalue weighted by Gasteiger charge is -1.98. The number of carbonyl (C=O) groups excluding carboxylic acids is 1. The molecule has 0 spiro atoms. The van der Waals surface area contributed by atoms with Gasteiger partial charge in [-0.2, -0.15) is 0 Å². The zero-order valence-electron chi connectivity index (χ0n) is 4.51. The molecule has 9 heavy (non-hydrogen) atoms. The summed E-state index contributed by atoms with van der Waals surface area (Å²) in [7, 11) is 0. The van der Waals surface area contributed by atoms with Crippen LogP contribution in [0.15, 0.2) is 0 Å². The van der Waals surface area contributed by atoms with Gasteiger partial charge in [-0.05, 0) is 0 Å². The molecule has 0 aliphatic carbocycles. The van der Waals surface area contributed by atoms with Gasteiger partial charge in [0.1, 0.15) is 6.10 Å². The van der Waals surface area contributed by atoms with Gasteiger partial charge in [-0.1, -0.05) is 0 Å². The van der Waals surface area contributed by atoms with Crippen molar-refractivity contribution < 1.29 is 9.53 Å². The number of cyclic esters (lactones) is 1. The number of amides is 1. The maximum absolute atomic E-state index is 10.5. The van der Waals surface area contributed by atoms with E-state index in [4.69, 9.17) is 16.3 Å². The molecule has 1 unspecified atom stereocenters. The zero-order valence-corrected chi connectivity index (χ0v) is 6.85. The number of carbonyl (C=O) groups is 1. The highest BCUT2D eigenvalue weighted by molar-refractivity contribution is 9.07. The van der Waals surface area contributed by atoms with E-state index in [9.17, 15) is 4.79 Å². The molecule has 3 nitrogen and oxygen atoms in total. The predicted octanol–water partition coefficient (Wildman–Crippen LogP) is 1.36. The Morgan fingerprint density at radius 1 is 2.00 bits per heavy atom. The number of rotatable bonds is 1. The average molecular weight is 214 g/mol. The van der Waals surface area contributed by atoms with Gasteiger partial charge in [-0.25, -0.2) is 8.72 Å². The van der Waals surface area contributed by atoms with Crippen molar-refractivity contribution in [3.05, 3.63) is 0 Å². The fourth-order valence-electron chi connectivity index (χ4n) is 0.571. The van der Waals surface area contributed by atoms with Crippen molar-refractivity contribution in [3.63, 3.8) is 0 Å². The number of hydrogen-bond acceptors (Lipinski definition) is 2. The Morgan fingerprint density at radius 2 is 2.67 bits per heavy atom. The van der Waals surface area contributed by atoms with E-state index in [-0.39, 0.29) is 12.2 Å². The van der Waals surface area contributed by atoms with Crippen LogP contribution in [0, 0.1) is 0 Å². The zero-order chi connectivity index (χ0) is 6.85. The van der Waals surface area contributed by atoms with E-state index < -0.39 is 0 Å². The van der Waals surface area contributed by atoms with Gasteiger partial charge in [0.05, 0.1) is 28.6 Å². The Kier molecular flexibility index (Phi) is 2.18. The molecule has 1 aliphatic heterocycles. The van der Waals surface area contributed by atoms with Crippen molar-refractivity contribution in [2.45, 2.75) is 6.10 Å². The lowest BCUT2D eigenvalue weighted by molar-refractivity contribution is 0.146. The lowest BCUT2D eigenvalue weighted by atomic mass is 10.4. The SMILES string of the molecule is O=C1OC(CCl)CN1Br. The van der Waals surface area contributed by atoms with Crippen LogP contribution in [0.4, 0.5) is 4.79 Å². The first-order chi connectivity index (χ1) is 4.24. The highest BCUT2D eigenvalue weighted by Gasteiger charge is 2.28. The molecule has 1 aliphatic rings. The number of hydrogen-bond donors (Lipinski definition) is 0. The van der Waals surface area contributed by atoms with Crippen LogP contribution >= 0.6 is 27.7 Å². The topological polar surface area (TPSA) is 29.5 Å². The summed E-state index contributed by atoms with van der Waals surface area (Å²) in [4.78, 5) is 10.5. The van der Waals surface area contributed by atoms with Gasteiger partial charge in [0.15, 0.2) is 0 Å². The minimum absolute atomic E-state index is 0.154. The van der Waals surface area contributed by atoms with Gasteiger partial charge in [0.2, 0.25) is 0 Å². The van der Waals surface area contributed by atoms with E-state index in [1.165, 1.54) is 3.93 Å². The highest BCUT2D eigenvalue weighted by Crippen LogP contribution is 2.15. The van der Waals surface area contributed by atoms with E-state index >= 15 is 0 Å². The molecule has 0 radical (unpaired) electrons. The summed E-state index contributed by atoms with van der Waals surface area (Å²) in [6.45, 7) is 0.530. The van der Waals surface area contributed by atoms with Crippen LogP contribution in [0.25, 0.3) is 0 Å². The molecule has 0 aromatic rings. The Hall–Kier alpha value is 0.0400. The summed E-state index contributed by atoms with van der Waals surface area (Å²) in [5.74, 6) is 0.355. The number of alkyl halides is 1. The Morgan fingerprint density at radius 3 is 2.89 bits per heavy atom. The van der Waals surface area contributed by atoms with E-state index in [2.05, 4.69) is 16.1 Å². The molecule has 1 heterocycles. The summed E-state index contributed by atoms with van der Waals surface area (Å²) in [5.41, 5.74) is 0. The summed E-state index contributed by atoms with van der Waals surface area (Å²) >= 11 is 8.40. The van der Waals surface area contributed by atoms with Crippen LogP contribution in [-0.4, -0.2) is 28.5 Å². The second kappa shape index (κ2) is 2.75. The molecule has 1 rings (SSSR count). The Bertz CT molecular complexity index is 132. The molecule has 1 fully saturated rings. The molecule has 0 aromatic heterocycles. The third-order valence-electron chi connectivity index (χ3n) is 1.00. The van der Waals surface area contributed by atoms with Gasteiger partial charge >= 0.3 is 6.09 Å². The van der Waals surface area contributed by atoms with Crippen LogP contribution in [0.3, 0.4) is 0 Å². The van der Waals surface area contributed by atoms with Gasteiger partial charge < -0.3 is 4.74 Å². The lowest BCUT2D eigenvalue weighted by Crippen LogP contribution is -2.14. The Labute approximate surface area is 66.2 Å². The largest absolute Gasteiger partial charge is 0.442 e. The van der Waals surface area contributed by atoms with Crippen molar-refractivity contribution in [3.8, 4) is 0 Å². The molecular weight excluding hydrogens is 209 g/mol. The van der Waals surface area contributed by atoms with E-state index in [1.54, 1.807) is 0 Å². The standard InChI is InChI=1S/C4H5BrClNO2/c5-7-2-3(1-6)9-4(7)8/h3H,1-2H2. The van der Waals surface area contributed by atoms with Crippen LogP contribution in [0.2, 0.25) is 0 Å². The van der Waals surface area contributed by atoms with Crippen LogP contribution in [0.5, 0.6) is 0 Å². The first-order valence-electron chi connectivity index (χ1n) is 2.44. The summed E-state index contributed by atoms with van der Waals surface area (Å²) in [6.07, 6.45) is -0.515. The van der Waals surface area contributed by atoms with E-state index in [1.807, 2.05) is 0 Å². The molecule has 1 saturated heterocycles. The van der Waals surface area contributed by atoms with Crippen molar-refractivity contribution in [2.24, 2.45) is 0 Å². The monoisotopic (exact) mass is 213 g/mol. The third-order valence-corrected chi connectivity index (χ3v) is 1.92. The maximum atomic E-state index is 10.5. The first kappa shape index (κ1) is 7.15. The van der Waals surface area contributed by atoms with Gasteiger partial charge in [0, 0.05) is 0 Å². The molecule has 0 saturated carbocycles. The van der Waals surface area contributed by atoms with Crippen molar-refractivity contribution >= 4 is 33.8 Å². The summed E-state index contributed by atoms with van der Waals surface area (Å²) in [5, 5.41) is 0. The maximum Gasteiger partial charge on any atom is 0.420 e. The number of ether oxygens (including phenoxy) is 1. The number of halogens is 2. The van der Waals surface area contributed by atoms with Gasteiger partial charge in [0.25, 0.3) is 0 Å². The quantitative estimate of drug-likeness (QED) is 0.487. The number of nitrogens with zero attached hydrogens (tertiary/aromatic N) is 1. The van der Waals surface area contributed by atoms with Gasteiger partial charge in [-0.15, -0.1) is 11.6 Å². The van der Waals surface area contributed by atoms with Crippen LogP contribution in [0.1, 0.15) is 0 Å². The molecular formula is C4H5BrClNO2. The molecule has 0 bridgehead atoms. The first-order valence-corrected chi connectivity index (χ1v) is 3.68. The van der Waals surface area contributed by atoms with Crippen LogP contribution < -0.4 is 0 Å². The highest BCUT2D eigenvalue weighted by atomic mass is 79.9. The fraction of sp³-hybridized carbons (Fsp3) is 0.750. The smallest absolute Gasteiger partial charge is 0.420 e. The van der Waals surface area contributed by atoms with Gasteiger partial charge in [-0.3, -0.25) is 0 Å². The second-order valence-corrected chi connectivity index (χ2v) is 2.87. The average Bonchev–Trinajstić information content (AvgIpc) is 2.13. The van der Waals surface area contributed by atoms with Crippen molar-refractivity contribution in [1.82, 2.24) is 3.93 Å². The normalized spacial score (nSPS) is 26.7. The molecule has 52 valence electrons. The molecule has 0 aromatic carbocycles. The molecule has 1 atom stereocenters. The van der Waals surface area contributed by atoms with Crippen LogP contribution in [-0.2, 0) is 4.74 Å². The minimum atomic E-state index is -0.361. The molecule has 0 N–H and O–H groups in total. The molecule has 1 amide bonds. The second-order valence-electron chi connectivity index (χ2n) is 1.70. The van der Waals surface area contributed by atoms with Crippen molar-refractivity contribution in [1.29, 1.82) is 0 Å². The summed E-state index contributed by atoms with van der Waals surface area (Å²) < 4.78 is 6.05. The predicted molar refractivity (Wildman–Crippen MR) is 36.6 cm³/mol. The minimum Gasteiger partial charge on any atom is -0.442 e. The van der Waals surface area contributed by atoms with E-state index in [0.717, 1.165) is 0 Å². The Balaban J connectivity index is 2.44. The van der Waals surface area contributed by atoms with E-state index in [0.29, 0.717) is 12.4 Å². The third kappa shape index (κ3) is 1.49. The van der Waals surface area contributed by atoms with Crippen molar-refractivity contribution in [2.75, 3.05) is 12.4 Å². The summed E-state index contributed by atoms with van der Waals surface area (Å²) in [6, 6.07) is 0. The molecule has 5 heteroatoms. The fourth-order valence-corrected chi connectivity index (χ4v) is 1.14.